The molecule has 1 atom stereocenters. The normalized spacial score (nSPS) is 14.1. The van der Waals surface area contributed by atoms with E-state index in [0.29, 0.717) is 31.6 Å². The molecule has 9 heteroatoms. The maximum Gasteiger partial charge on any atom is 0.247 e. The first-order valence-electron chi connectivity index (χ1n) is 15.2. The van der Waals surface area contributed by atoms with Gasteiger partial charge in [-0.2, -0.15) is 4.31 Å². The molecule has 45 heavy (non-hydrogen) atoms. The van der Waals surface area contributed by atoms with Gasteiger partial charge < -0.3 is 15.0 Å². The van der Waals surface area contributed by atoms with E-state index in [2.05, 4.69) is 5.32 Å². The summed E-state index contributed by atoms with van der Waals surface area (Å²) in [5.41, 5.74) is 3.38. The number of amides is 2. The van der Waals surface area contributed by atoms with Crippen LogP contribution in [0.3, 0.4) is 0 Å². The molecule has 2 amide bonds. The number of rotatable bonds is 13. The molecule has 1 N–H and O–H groups in total. The average Bonchev–Trinajstić information content (AvgIpc) is 3.64. The Kier molecular flexibility index (Phi) is 10.7. The number of aryl methyl sites for hydroxylation is 1. The smallest absolute Gasteiger partial charge is 0.247 e. The van der Waals surface area contributed by atoms with Gasteiger partial charge in [0.15, 0.2) is 0 Å². The van der Waals surface area contributed by atoms with Gasteiger partial charge in [0.2, 0.25) is 21.8 Å². The van der Waals surface area contributed by atoms with E-state index in [-0.39, 0.29) is 29.7 Å². The van der Waals surface area contributed by atoms with E-state index in [4.69, 9.17) is 4.74 Å². The number of benzene rings is 4. The highest BCUT2D eigenvalue weighted by Gasteiger charge is 2.31. The molecule has 1 saturated heterocycles. The molecule has 5 rings (SSSR count). The second-order valence-corrected chi connectivity index (χ2v) is 13.1. The molecule has 0 aromatic heterocycles. The van der Waals surface area contributed by atoms with Crippen LogP contribution in [0, 0.1) is 0 Å². The molecule has 8 nitrogen and oxygen atoms in total. The van der Waals surface area contributed by atoms with Crippen LogP contribution < -0.4 is 10.1 Å². The number of hydrogen-bond donors (Lipinski definition) is 1. The second kappa shape index (κ2) is 15.0. The molecular formula is C36H39N3O5S. The van der Waals surface area contributed by atoms with Gasteiger partial charge in [0.05, 0.1) is 12.0 Å². The first-order valence-corrected chi connectivity index (χ1v) is 16.7. The Balaban J connectivity index is 1.35. The minimum Gasteiger partial charge on any atom is -0.497 e. The Morgan fingerprint density at radius 1 is 0.800 bits per heavy atom. The Morgan fingerprint density at radius 2 is 1.40 bits per heavy atom. The molecule has 0 spiro atoms. The lowest BCUT2D eigenvalue weighted by molar-refractivity contribution is -0.141. The summed E-state index contributed by atoms with van der Waals surface area (Å²) in [5.74, 6) is 0.272. The van der Waals surface area contributed by atoms with Gasteiger partial charge >= 0.3 is 0 Å². The van der Waals surface area contributed by atoms with Crippen molar-refractivity contribution >= 4 is 21.8 Å². The van der Waals surface area contributed by atoms with Gasteiger partial charge in [0.25, 0.3) is 0 Å². The number of carbonyl (C=O) groups excluding carboxylic acids is 2. The predicted molar refractivity (Wildman–Crippen MR) is 174 cm³/mol. The second-order valence-electron chi connectivity index (χ2n) is 11.1. The van der Waals surface area contributed by atoms with Crippen LogP contribution in [0.25, 0.3) is 0 Å². The molecule has 234 valence electrons. The molecule has 1 fully saturated rings. The van der Waals surface area contributed by atoms with Gasteiger partial charge in [0.1, 0.15) is 11.8 Å². The maximum absolute atomic E-state index is 14.0. The lowest BCUT2D eigenvalue weighted by Gasteiger charge is -2.32. The van der Waals surface area contributed by atoms with Gasteiger partial charge in [-0.25, -0.2) is 8.42 Å². The number of hydrogen-bond acceptors (Lipinski definition) is 5. The lowest BCUT2D eigenvalue weighted by Crippen LogP contribution is -2.43. The molecule has 0 aliphatic carbocycles. The Morgan fingerprint density at radius 3 is 2.02 bits per heavy atom. The first-order chi connectivity index (χ1) is 21.8. The average molecular weight is 626 g/mol. The summed E-state index contributed by atoms with van der Waals surface area (Å²) in [6, 6.07) is 32.4. The summed E-state index contributed by atoms with van der Waals surface area (Å²) in [4.78, 5) is 29.8. The van der Waals surface area contributed by atoms with Crippen LogP contribution in [-0.2, 0) is 39.1 Å². The van der Waals surface area contributed by atoms with Crippen molar-refractivity contribution in [2.45, 2.75) is 49.7 Å². The summed E-state index contributed by atoms with van der Waals surface area (Å²) in [7, 11) is -1.90. The van der Waals surface area contributed by atoms with Gasteiger partial charge in [-0.3, -0.25) is 9.59 Å². The molecule has 0 bridgehead atoms. The largest absolute Gasteiger partial charge is 0.497 e. The van der Waals surface area contributed by atoms with Crippen molar-refractivity contribution in [3.8, 4) is 5.75 Å². The zero-order chi connectivity index (χ0) is 31.6. The third-order valence-corrected chi connectivity index (χ3v) is 9.98. The van der Waals surface area contributed by atoms with E-state index >= 15 is 0 Å². The molecule has 0 radical (unpaired) electrons. The van der Waals surface area contributed by atoms with Crippen molar-refractivity contribution in [3.05, 3.63) is 131 Å². The number of nitrogens with zero attached hydrogens (tertiary/aromatic N) is 2. The topological polar surface area (TPSA) is 96.0 Å². The molecule has 1 aliphatic heterocycles. The maximum atomic E-state index is 14.0. The zero-order valence-corrected chi connectivity index (χ0v) is 26.3. The van der Waals surface area contributed by atoms with E-state index in [1.165, 1.54) is 4.31 Å². The molecule has 4 aromatic rings. The molecular weight excluding hydrogens is 586 g/mol. The summed E-state index contributed by atoms with van der Waals surface area (Å²) in [6.45, 7) is 1.65. The quantitative estimate of drug-likeness (QED) is 0.212. The third-order valence-electron chi connectivity index (χ3n) is 8.07. The van der Waals surface area contributed by atoms with Crippen LogP contribution >= 0.6 is 0 Å². The summed E-state index contributed by atoms with van der Waals surface area (Å²) in [5, 5.41) is 3.04. The fraction of sp³-hybridized carbons (Fsp3) is 0.278. The van der Waals surface area contributed by atoms with E-state index in [0.717, 1.165) is 35.3 Å². The van der Waals surface area contributed by atoms with Crippen LogP contribution in [0.5, 0.6) is 5.75 Å². The zero-order valence-electron chi connectivity index (χ0n) is 25.5. The highest BCUT2D eigenvalue weighted by Crippen LogP contribution is 2.26. The SMILES string of the molecule is COc1ccc(CNC(=O)C(c2ccccc2)N(Cc2ccccc2)C(=O)CCc2ccc(S(=O)(=O)N3CCCC3)cc2)cc1. The van der Waals surface area contributed by atoms with Crippen molar-refractivity contribution < 1.29 is 22.7 Å². The first kappa shape index (κ1) is 31.9. The van der Waals surface area contributed by atoms with Crippen molar-refractivity contribution in [2.75, 3.05) is 20.2 Å². The number of nitrogens with one attached hydrogen (secondary N) is 1. The fourth-order valence-corrected chi connectivity index (χ4v) is 7.06. The lowest BCUT2D eigenvalue weighted by atomic mass is 10.0. The Bertz CT molecular complexity index is 1660. The molecule has 1 unspecified atom stereocenters. The number of ether oxygens (including phenoxy) is 1. The minimum absolute atomic E-state index is 0.153. The van der Waals surface area contributed by atoms with Crippen LogP contribution in [0.4, 0.5) is 0 Å². The van der Waals surface area contributed by atoms with E-state index in [9.17, 15) is 18.0 Å². The van der Waals surface area contributed by atoms with Crippen LogP contribution in [-0.4, -0.2) is 49.6 Å². The standard InChI is InChI=1S/C36H39N3O5S/c1-44-32-19-14-29(15-20-32)26-37-36(41)35(31-12-6-3-7-13-31)39(27-30-10-4-2-5-11-30)34(40)23-18-28-16-21-33(22-17-28)45(42,43)38-24-8-9-25-38/h2-7,10-17,19-22,35H,8-9,18,23-27H2,1H3,(H,37,41). The predicted octanol–water partition coefficient (Wildman–Crippen LogP) is 5.50. The van der Waals surface area contributed by atoms with Gasteiger partial charge in [0, 0.05) is 32.6 Å². The molecule has 0 saturated carbocycles. The Hall–Kier alpha value is -4.47. The highest BCUT2D eigenvalue weighted by molar-refractivity contribution is 7.89. The minimum atomic E-state index is -3.51. The molecule has 4 aromatic carbocycles. The third kappa shape index (κ3) is 8.17. The fourth-order valence-electron chi connectivity index (χ4n) is 5.54. The number of sulfonamides is 1. The summed E-state index contributed by atoms with van der Waals surface area (Å²) >= 11 is 0. The van der Waals surface area contributed by atoms with E-state index < -0.39 is 16.1 Å². The van der Waals surface area contributed by atoms with E-state index in [1.54, 1.807) is 36.3 Å². The number of methoxy groups -OCH3 is 1. The molecule has 1 aliphatic rings. The molecule has 1 heterocycles. The monoisotopic (exact) mass is 625 g/mol. The van der Waals surface area contributed by atoms with Crippen molar-refractivity contribution in [2.24, 2.45) is 0 Å². The summed E-state index contributed by atoms with van der Waals surface area (Å²) in [6.07, 6.45) is 2.31. The van der Waals surface area contributed by atoms with Crippen molar-refractivity contribution in [1.29, 1.82) is 0 Å². The van der Waals surface area contributed by atoms with Gasteiger partial charge in [-0.05, 0) is 65.8 Å². The van der Waals surface area contributed by atoms with Crippen LogP contribution in [0.2, 0.25) is 0 Å². The van der Waals surface area contributed by atoms with Crippen LogP contribution in [0.1, 0.15) is 47.6 Å². The highest BCUT2D eigenvalue weighted by atomic mass is 32.2. The Labute approximate surface area is 265 Å². The van der Waals surface area contributed by atoms with Gasteiger partial charge in [-0.1, -0.05) is 84.9 Å². The van der Waals surface area contributed by atoms with E-state index in [1.807, 2.05) is 84.9 Å². The number of carbonyl (C=O) groups is 2. The van der Waals surface area contributed by atoms with Crippen molar-refractivity contribution in [3.63, 3.8) is 0 Å². The summed E-state index contributed by atoms with van der Waals surface area (Å²) < 4.78 is 32.7. The van der Waals surface area contributed by atoms with Crippen molar-refractivity contribution in [1.82, 2.24) is 14.5 Å². The van der Waals surface area contributed by atoms with Crippen LogP contribution in [0.15, 0.2) is 114 Å². The van der Waals surface area contributed by atoms with Gasteiger partial charge in [-0.15, -0.1) is 0 Å².